The molecule has 0 radical (unpaired) electrons. The number of hydrazine groups is 1. The van der Waals surface area contributed by atoms with Crippen molar-refractivity contribution in [3.8, 4) is 0 Å². The number of hydrogen-bond donors (Lipinski definition) is 3. The number of nitrogen functional groups attached to an aromatic ring is 1. The summed E-state index contributed by atoms with van der Waals surface area (Å²) in [5.41, 5.74) is 9.46. The molecule has 0 fully saturated rings. The summed E-state index contributed by atoms with van der Waals surface area (Å²) in [6.07, 6.45) is 0. The minimum atomic E-state index is -0.697. The number of rotatable bonds is 3. The largest absolute Gasteiger partial charge is 0.398 e. The molecule has 19 heavy (non-hydrogen) atoms. The van der Waals surface area contributed by atoms with Crippen LogP contribution in [0.4, 0.5) is 14.5 Å². The molecule has 0 aliphatic carbocycles. The molecular formula is C13H12ClF2N3. The highest BCUT2D eigenvalue weighted by molar-refractivity contribution is 6.30. The third kappa shape index (κ3) is 2.84. The molecule has 100 valence electrons. The van der Waals surface area contributed by atoms with Crippen molar-refractivity contribution in [1.82, 2.24) is 5.43 Å². The first-order chi connectivity index (χ1) is 9.02. The lowest BCUT2D eigenvalue weighted by Gasteiger charge is -2.19. The van der Waals surface area contributed by atoms with E-state index < -0.39 is 17.7 Å². The van der Waals surface area contributed by atoms with Gasteiger partial charge in [0.2, 0.25) is 0 Å². The molecule has 2 aromatic carbocycles. The van der Waals surface area contributed by atoms with E-state index in [0.29, 0.717) is 16.3 Å². The molecule has 3 nitrogen and oxygen atoms in total. The first-order valence-corrected chi connectivity index (χ1v) is 5.86. The predicted molar refractivity (Wildman–Crippen MR) is 71.4 cm³/mol. The number of nitrogens with two attached hydrogens (primary N) is 2. The van der Waals surface area contributed by atoms with E-state index >= 15 is 0 Å². The smallest absolute Gasteiger partial charge is 0.131 e. The van der Waals surface area contributed by atoms with Gasteiger partial charge in [-0.3, -0.25) is 5.84 Å². The topological polar surface area (TPSA) is 64.1 Å². The van der Waals surface area contributed by atoms with E-state index in [2.05, 4.69) is 5.43 Å². The quantitative estimate of drug-likeness (QED) is 0.461. The molecule has 0 heterocycles. The van der Waals surface area contributed by atoms with Crippen molar-refractivity contribution in [2.75, 3.05) is 5.73 Å². The first kappa shape index (κ1) is 13.7. The van der Waals surface area contributed by atoms with Crippen molar-refractivity contribution in [2.45, 2.75) is 6.04 Å². The molecule has 5 N–H and O–H groups in total. The van der Waals surface area contributed by atoms with Crippen molar-refractivity contribution in [2.24, 2.45) is 5.84 Å². The van der Waals surface area contributed by atoms with Crippen LogP contribution in [0.25, 0.3) is 0 Å². The van der Waals surface area contributed by atoms with Gasteiger partial charge in [-0.1, -0.05) is 23.7 Å². The van der Waals surface area contributed by atoms with Crippen molar-refractivity contribution in [3.63, 3.8) is 0 Å². The van der Waals surface area contributed by atoms with Crippen molar-refractivity contribution < 1.29 is 8.78 Å². The minimum Gasteiger partial charge on any atom is -0.398 e. The molecule has 6 heteroatoms. The van der Waals surface area contributed by atoms with Crippen molar-refractivity contribution in [1.29, 1.82) is 0 Å². The van der Waals surface area contributed by atoms with E-state index in [1.54, 1.807) is 18.2 Å². The zero-order chi connectivity index (χ0) is 14.0. The molecule has 0 saturated carbocycles. The number of nitrogens with one attached hydrogen (secondary N) is 1. The SMILES string of the molecule is NNC(c1ccc(Cl)cc1N)c1ccc(F)cc1F. The molecule has 2 rings (SSSR count). The molecule has 0 saturated heterocycles. The third-order valence-corrected chi connectivity index (χ3v) is 3.04. The molecule has 0 spiro atoms. The summed E-state index contributed by atoms with van der Waals surface area (Å²) < 4.78 is 26.7. The van der Waals surface area contributed by atoms with E-state index in [1.807, 2.05) is 0 Å². The highest BCUT2D eigenvalue weighted by Gasteiger charge is 2.19. The van der Waals surface area contributed by atoms with Gasteiger partial charge in [0, 0.05) is 22.3 Å². The highest BCUT2D eigenvalue weighted by atomic mass is 35.5. The van der Waals surface area contributed by atoms with Crippen molar-refractivity contribution in [3.05, 3.63) is 64.2 Å². The van der Waals surface area contributed by atoms with Crippen LogP contribution >= 0.6 is 11.6 Å². The fourth-order valence-corrected chi connectivity index (χ4v) is 2.07. The number of halogens is 3. The monoisotopic (exact) mass is 283 g/mol. The van der Waals surface area contributed by atoms with Crippen LogP contribution in [0.1, 0.15) is 17.2 Å². The maximum Gasteiger partial charge on any atom is 0.131 e. The Morgan fingerprint density at radius 2 is 1.74 bits per heavy atom. The summed E-state index contributed by atoms with van der Waals surface area (Å²) in [5.74, 6) is 4.10. The summed E-state index contributed by atoms with van der Waals surface area (Å²) in [4.78, 5) is 0. The van der Waals surface area contributed by atoms with Crippen LogP contribution in [0.5, 0.6) is 0 Å². The zero-order valence-corrected chi connectivity index (χ0v) is 10.6. The molecule has 1 unspecified atom stereocenters. The van der Waals surface area contributed by atoms with Crippen LogP contribution < -0.4 is 17.0 Å². The minimum absolute atomic E-state index is 0.206. The molecule has 0 aliphatic rings. The molecule has 0 amide bonds. The zero-order valence-electron chi connectivity index (χ0n) is 9.83. The first-order valence-electron chi connectivity index (χ1n) is 5.49. The number of anilines is 1. The van der Waals surface area contributed by atoms with Gasteiger partial charge in [0.05, 0.1) is 6.04 Å². The lowest BCUT2D eigenvalue weighted by atomic mass is 9.97. The number of benzene rings is 2. The van der Waals surface area contributed by atoms with E-state index in [-0.39, 0.29) is 5.56 Å². The van der Waals surface area contributed by atoms with Gasteiger partial charge < -0.3 is 5.73 Å². The fraction of sp³-hybridized carbons (Fsp3) is 0.0769. The van der Waals surface area contributed by atoms with E-state index in [4.69, 9.17) is 23.2 Å². The van der Waals surface area contributed by atoms with Crippen LogP contribution in [-0.2, 0) is 0 Å². The molecule has 2 aromatic rings. The lowest BCUT2D eigenvalue weighted by molar-refractivity contribution is 0.542. The second-order valence-electron chi connectivity index (χ2n) is 4.04. The Balaban J connectivity index is 2.50. The van der Waals surface area contributed by atoms with Crippen LogP contribution in [-0.4, -0.2) is 0 Å². The maximum atomic E-state index is 13.8. The summed E-state index contributed by atoms with van der Waals surface area (Å²) >= 11 is 5.81. The van der Waals surface area contributed by atoms with Gasteiger partial charge in [-0.2, -0.15) is 0 Å². The van der Waals surface area contributed by atoms with E-state index in [1.165, 1.54) is 6.07 Å². The maximum absolute atomic E-state index is 13.8. The second-order valence-corrected chi connectivity index (χ2v) is 4.48. The molecule has 0 aliphatic heterocycles. The van der Waals surface area contributed by atoms with Gasteiger partial charge in [0.15, 0.2) is 0 Å². The van der Waals surface area contributed by atoms with Crippen molar-refractivity contribution >= 4 is 17.3 Å². The Morgan fingerprint density at radius 3 is 2.32 bits per heavy atom. The molecule has 1 atom stereocenters. The van der Waals surface area contributed by atoms with Crippen LogP contribution in [0.3, 0.4) is 0 Å². The average Bonchev–Trinajstić information content (AvgIpc) is 2.34. The average molecular weight is 284 g/mol. The van der Waals surface area contributed by atoms with Gasteiger partial charge in [-0.05, 0) is 23.8 Å². The van der Waals surface area contributed by atoms with Crippen LogP contribution in [0.15, 0.2) is 36.4 Å². The Labute approximate surface area is 114 Å². The Bertz CT molecular complexity index is 553. The van der Waals surface area contributed by atoms with Gasteiger partial charge in [0.1, 0.15) is 11.6 Å². The van der Waals surface area contributed by atoms with Gasteiger partial charge in [-0.25, -0.2) is 14.2 Å². The van der Waals surface area contributed by atoms with E-state index in [9.17, 15) is 8.78 Å². The third-order valence-electron chi connectivity index (χ3n) is 2.80. The predicted octanol–water partition coefficient (Wildman–Crippen LogP) is 2.75. The van der Waals surface area contributed by atoms with Gasteiger partial charge in [-0.15, -0.1) is 0 Å². The highest BCUT2D eigenvalue weighted by Crippen LogP contribution is 2.29. The second kappa shape index (κ2) is 5.52. The van der Waals surface area contributed by atoms with Gasteiger partial charge in [0.25, 0.3) is 0 Å². The van der Waals surface area contributed by atoms with Crippen LogP contribution in [0.2, 0.25) is 5.02 Å². The van der Waals surface area contributed by atoms with E-state index in [0.717, 1.165) is 12.1 Å². The normalized spacial score (nSPS) is 12.4. The summed E-state index contributed by atoms with van der Waals surface area (Å²) in [6, 6.07) is 7.41. The standard InChI is InChI=1S/C13H12ClF2N3/c14-7-1-3-10(12(17)5-7)13(19-18)9-4-2-8(15)6-11(9)16/h1-6,13,19H,17-18H2. The summed E-state index contributed by atoms with van der Waals surface area (Å²) in [5, 5.41) is 0.469. The summed E-state index contributed by atoms with van der Waals surface area (Å²) in [7, 11) is 0. The summed E-state index contributed by atoms with van der Waals surface area (Å²) in [6.45, 7) is 0. The number of hydrogen-bond acceptors (Lipinski definition) is 3. The fourth-order valence-electron chi connectivity index (χ4n) is 1.89. The Kier molecular flexibility index (Phi) is 3.99. The lowest BCUT2D eigenvalue weighted by Crippen LogP contribution is -2.30. The van der Waals surface area contributed by atoms with Crippen LogP contribution in [0, 0.1) is 11.6 Å². The Morgan fingerprint density at radius 1 is 1.05 bits per heavy atom. The molecule has 0 bridgehead atoms. The van der Waals surface area contributed by atoms with Gasteiger partial charge >= 0.3 is 0 Å². The molecule has 0 aromatic heterocycles. The molecular weight excluding hydrogens is 272 g/mol. The Hall–Kier alpha value is -1.69.